The van der Waals surface area contributed by atoms with Gasteiger partial charge in [0.2, 0.25) is 5.82 Å². The summed E-state index contributed by atoms with van der Waals surface area (Å²) in [6.07, 6.45) is 0.786. The smallest absolute Gasteiger partial charge is 0.305 e. The number of benzene rings is 1. The van der Waals surface area contributed by atoms with Crippen LogP contribution in [0.3, 0.4) is 0 Å². The average Bonchev–Trinajstić information content (AvgIpc) is 2.41. The van der Waals surface area contributed by atoms with Crippen molar-refractivity contribution in [3.8, 4) is 5.75 Å². The molecule has 0 unspecified atom stereocenters. The van der Waals surface area contributed by atoms with Gasteiger partial charge in [-0.15, -0.1) is 0 Å². The summed E-state index contributed by atoms with van der Waals surface area (Å²) in [6, 6.07) is 3.12. The minimum atomic E-state index is -0.998. The van der Waals surface area contributed by atoms with Crippen LogP contribution in [0.4, 0.5) is 10.1 Å². The van der Waals surface area contributed by atoms with Crippen LogP contribution in [0.2, 0.25) is 0 Å². The Morgan fingerprint density at radius 1 is 1.45 bits per heavy atom. The zero-order valence-electron chi connectivity index (χ0n) is 11.0. The number of nitro groups is 1. The van der Waals surface area contributed by atoms with E-state index in [1.165, 1.54) is 6.07 Å². The average molecular weight is 285 g/mol. The van der Waals surface area contributed by atoms with E-state index < -0.39 is 16.4 Å². The summed E-state index contributed by atoms with van der Waals surface area (Å²) in [4.78, 5) is 21.0. The molecule has 110 valence electrons. The fourth-order valence-corrected chi connectivity index (χ4v) is 1.42. The quantitative estimate of drug-likeness (QED) is 0.419. The number of nitrogens with zero attached hydrogens (tertiary/aromatic N) is 1. The molecule has 0 radical (unpaired) electrons. The number of hydrogen-bond donors (Lipinski definition) is 2. The van der Waals surface area contributed by atoms with E-state index in [0.717, 1.165) is 25.1 Å². The monoisotopic (exact) mass is 285 g/mol. The number of carbonyl (C=O) groups excluding carboxylic acids is 1. The number of carbonyl (C=O) groups is 1. The van der Waals surface area contributed by atoms with Crippen LogP contribution in [0.5, 0.6) is 5.75 Å². The van der Waals surface area contributed by atoms with Gasteiger partial charge in [0.25, 0.3) is 5.91 Å². The Morgan fingerprint density at radius 2 is 2.20 bits per heavy atom. The third kappa shape index (κ3) is 5.19. The normalized spacial score (nSPS) is 10.1. The number of ether oxygens (including phenoxy) is 1. The highest BCUT2D eigenvalue weighted by atomic mass is 19.1. The molecule has 0 spiro atoms. The van der Waals surface area contributed by atoms with Crippen LogP contribution in [0.15, 0.2) is 18.2 Å². The van der Waals surface area contributed by atoms with Crippen LogP contribution < -0.4 is 15.4 Å². The highest BCUT2D eigenvalue weighted by Crippen LogP contribution is 2.22. The van der Waals surface area contributed by atoms with Crippen LogP contribution in [0, 0.1) is 15.9 Å². The van der Waals surface area contributed by atoms with Crippen LogP contribution in [0.25, 0.3) is 0 Å². The Morgan fingerprint density at radius 3 is 2.80 bits per heavy atom. The van der Waals surface area contributed by atoms with Crippen molar-refractivity contribution in [2.75, 3.05) is 26.7 Å². The molecule has 1 aromatic carbocycles. The summed E-state index contributed by atoms with van der Waals surface area (Å²) < 4.78 is 18.3. The van der Waals surface area contributed by atoms with Crippen molar-refractivity contribution in [3.63, 3.8) is 0 Å². The number of hydrogen-bond acceptors (Lipinski definition) is 5. The first-order valence-electron chi connectivity index (χ1n) is 6.02. The Kier molecular flexibility index (Phi) is 6.38. The lowest BCUT2D eigenvalue weighted by Gasteiger charge is -2.07. The van der Waals surface area contributed by atoms with Gasteiger partial charge in [-0.05, 0) is 26.1 Å². The lowest BCUT2D eigenvalue weighted by Crippen LogP contribution is -2.30. The second kappa shape index (κ2) is 8.05. The molecule has 1 amide bonds. The van der Waals surface area contributed by atoms with Crippen LogP contribution in [0.1, 0.15) is 6.42 Å². The molecule has 7 nitrogen and oxygen atoms in total. The number of nitrogens with one attached hydrogen (secondary N) is 2. The maximum absolute atomic E-state index is 13.3. The molecular weight excluding hydrogens is 269 g/mol. The molecule has 0 aliphatic heterocycles. The molecule has 0 atom stereocenters. The second-order valence-corrected chi connectivity index (χ2v) is 3.97. The third-order valence-electron chi connectivity index (χ3n) is 2.41. The van der Waals surface area contributed by atoms with Gasteiger partial charge < -0.3 is 15.4 Å². The summed E-state index contributed by atoms with van der Waals surface area (Å²) >= 11 is 0. The lowest BCUT2D eigenvalue weighted by molar-refractivity contribution is -0.387. The second-order valence-electron chi connectivity index (χ2n) is 3.97. The van der Waals surface area contributed by atoms with Crippen molar-refractivity contribution < 1.29 is 18.8 Å². The first-order valence-corrected chi connectivity index (χ1v) is 6.02. The predicted octanol–water partition coefficient (Wildman–Crippen LogP) is 0.838. The van der Waals surface area contributed by atoms with E-state index in [2.05, 4.69) is 10.6 Å². The molecule has 0 heterocycles. The summed E-state index contributed by atoms with van der Waals surface area (Å²) in [5, 5.41) is 16.0. The van der Waals surface area contributed by atoms with E-state index in [-0.39, 0.29) is 18.3 Å². The van der Waals surface area contributed by atoms with E-state index in [0.29, 0.717) is 6.54 Å². The molecule has 0 aliphatic rings. The topological polar surface area (TPSA) is 93.5 Å². The Bertz CT molecular complexity index is 482. The molecule has 1 aromatic rings. The van der Waals surface area contributed by atoms with Gasteiger partial charge in [-0.1, -0.05) is 0 Å². The Hall–Kier alpha value is -2.22. The fourth-order valence-electron chi connectivity index (χ4n) is 1.42. The van der Waals surface area contributed by atoms with Gasteiger partial charge in [-0.2, -0.15) is 4.39 Å². The van der Waals surface area contributed by atoms with Crippen LogP contribution in [-0.2, 0) is 4.79 Å². The van der Waals surface area contributed by atoms with Gasteiger partial charge in [-0.25, -0.2) is 0 Å². The van der Waals surface area contributed by atoms with Crippen molar-refractivity contribution in [2.45, 2.75) is 6.42 Å². The van der Waals surface area contributed by atoms with E-state index in [1.54, 1.807) is 0 Å². The zero-order valence-corrected chi connectivity index (χ0v) is 11.0. The number of halogens is 1. The molecule has 0 saturated carbocycles. The zero-order chi connectivity index (χ0) is 15.0. The van der Waals surface area contributed by atoms with E-state index in [1.807, 2.05) is 7.05 Å². The first kappa shape index (κ1) is 15.8. The lowest BCUT2D eigenvalue weighted by atomic mass is 10.3. The van der Waals surface area contributed by atoms with Crippen molar-refractivity contribution in [1.29, 1.82) is 0 Å². The maximum Gasteiger partial charge on any atom is 0.305 e. The molecule has 8 heteroatoms. The Balaban J connectivity index is 2.40. The molecular formula is C12H16FN3O4. The first-order chi connectivity index (χ1) is 9.54. The van der Waals surface area contributed by atoms with E-state index in [9.17, 15) is 19.3 Å². The highest BCUT2D eigenvalue weighted by Gasteiger charge is 2.14. The van der Waals surface area contributed by atoms with E-state index in [4.69, 9.17) is 4.74 Å². The van der Waals surface area contributed by atoms with Crippen LogP contribution in [-0.4, -0.2) is 37.6 Å². The molecule has 2 N–H and O–H groups in total. The van der Waals surface area contributed by atoms with Crippen molar-refractivity contribution in [1.82, 2.24) is 10.6 Å². The summed E-state index contributed by atoms with van der Waals surface area (Å²) in [6.45, 7) is 1.03. The minimum absolute atomic E-state index is 0.0680. The summed E-state index contributed by atoms with van der Waals surface area (Å²) in [5.74, 6) is -1.26. The molecule has 0 fully saturated rings. The van der Waals surface area contributed by atoms with Crippen molar-refractivity contribution in [2.24, 2.45) is 0 Å². The van der Waals surface area contributed by atoms with Gasteiger partial charge in [0.1, 0.15) is 5.75 Å². The van der Waals surface area contributed by atoms with Crippen molar-refractivity contribution >= 4 is 11.6 Å². The molecule has 20 heavy (non-hydrogen) atoms. The van der Waals surface area contributed by atoms with Gasteiger partial charge >= 0.3 is 5.69 Å². The molecule has 0 aromatic heterocycles. The van der Waals surface area contributed by atoms with E-state index >= 15 is 0 Å². The summed E-state index contributed by atoms with van der Waals surface area (Å²) in [7, 11) is 1.81. The van der Waals surface area contributed by atoms with Gasteiger partial charge in [0.15, 0.2) is 6.61 Å². The Labute approximate surface area is 115 Å². The SMILES string of the molecule is CNCCCNC(=O)COc1ccc([N+](=O)[O-])c(F)c1. The maximum atomic E-state index is 13.3. The molecule has 0 bridgehead atoms. The highest BCUT2D eigenvalue weighted by molar-refractivity contribution is 5.77. The van der Waals surface area contributed by atoms with Crippen LogP contribution >= 0.6 is 0 Å². The molecule has 0 aliphatic carbocycles. The number of nitro benzene ring substituents is 1. The largest absolute Gasteiger partial charge is 0.484 e. The van der Waals surface area contributed by atoms with Crippen molar-refractivity contribution in [3.05, 3.63) is 34.1 Å². The van der Waals surface area contributed by atoms with Gasteiger partial charge in [0, 0.05) is 18.7 Å². The third-order valence-corrected chi connectivity index (χ3v) is 2.41. The molecule has 1 rings (SSSR count). The predicted molar refractivity (Wildman–Crippen MR) is 70.1 cm³/mol. The number of amides is 1. The van der Waals surface area contributed by atoms with Gasteiger partial charge in [-0.3, -0.25) is 14.9 Å². The minimum Gasteiger partial charge on any atom is -0.484 e. The number of rotatable bonds is 8. The standard InChI is InChI=1S/C12H16FN3O4/c1-14-5-2-6-15-12(17)8-20-9-3-4-11(16(18)19)10(13)7-9/h3-4,7,14H,2,5-6,8H2,1H3,(H,15,17). The molecule has 0 saturated heterocycles. The van der Waals surface area contributed by atoms with Gasteiger partial charge in [0.05, 0.1) is 4.92 Å². The summed E-state index contributed by atoms with van der Waals surface area (Å²) in [5.41, 5.74) is -0.631. The fraction of sp³-hybridized carbons (Fsp3) is 0.417.